The van der Waals surface area contributed by atoms with Crippen LogP contribution in [0, 0.1) is 6.92 Å². The molecule has 3 heteroatoms. The molecule has 0 bridgehead atoms. The fraction of sp³-hybridized carbons (Fsp3) is 0.300. The number of nitrogens with zero attached hydrogens (tertiary/aromatic N) is 1. The van der Waals surface area contributed by atoms with Gasteiger partial charge in [-0.2, -0.15) is 0 Å². The molecule has 1 aromatic rings. The van der Waals surface area contributed by atoms with Crippen LogP contribution in [0.3, 0.4) is 0 Å². The maximum atomic E-state index is 5.58. The molecule has 0 atom stereocenters. The summed E-state index contributed by atoms with van der Waals surface area (Å²) in [4.78, 5) is 4.55. The van der Waals surface area contributed by atoms with Crippen LogP contribution in [0.5, 0.6) is 0 Å². The maximum absolute atomic E-state index is 5.58. The SMILES string of the molecule is C.CO/N=C(\N)c1ccc(C)cc1. The predicted molar refractivity (Wildman–Crippen MR) is 55.6 cm³/mol. The van der Waals surface area contributed by atoms with Gasteiger partial charge in [-0.25, -0.2) is 0 Å². The van der Waals surface area contributed by atoms with Crippen molar-refractivity contribution in [1.82, 2.24) is 0 Å². The van der Waals surface area contributed by atoms with Gasteiger partial charge in [0.1, 0.15) is 7.11 Å². The van der Waals surface area contributed by atoms with Gasteiger partial charge >= 0.3 is 0 Å². The molecule has 0 saturated carbocycles. The molecule has 0 aliphatic rings. The van der Waals surface area contributed by atoms with Crippen LogP contribution >= 0.6 is 0 Å². The fourth-order valence-corrected chi connectivity index (χ4v) is 0.875. The summed E-state index contributed by atoms with van der Waals surface area (Å²) in [5.74, 6) is 0.400. The molecule has 1 aromatic carbocycles. The lowest BCUT2D eigenvalue weighted by atomic mass is 10.1. The Kier molecular flexibility index (Phi) is 4.59. The maximum Gasteiger partial charge on any atom is 0.170 e. The minimum atomic E-state index is 0. The van der Waals surface area contributed by atoms with Crippen molar-refractivity contribution in [2.75, 3.05) is 7.11 Å². The molecule has 0 aliphatic carbocycles. The molecule has 2 N–H and O–H groups in total. The van der Waals surface area contributed by atoms with Crippen molar-refractivity contribution in [3.8, 4) is 0 Å². The third-order valence-electron chi connectivity index (χ3n) is 1.54. The summed E-state index contributed by atoms with van der Waals surface area (Å²) < 4.78 is 0. The second kappa shape index (κ2) is 5.19. The summed E-state index contributed by atoms with van der Waals surface area (Å²) in [5.41, 5.74) is 7.66. The van der Waals surface area contributed by atoms with Gasteiger partial charge in [0.05, 0.1) is 0 Å². The fourth-order valence-electron chi connectivity index (χ4n) is 0.875. The molecule has 0 heterocycles. The lowest BCUT2D eigenvalue weighted by Gasteiger charge is -1.99. The van der Waals surface area contributed by atoms with Crippen molar-refractivity contribution in [1.29, 1.82) is 0 Å². The van der Waals surface area contributed by atoms with Crippen LogP contribution in [0.1, 0.15) is 18.6 Å². The summed E-state index contributed by atoms with van der Waals surface area (Å²) in [6.07, 6.45) is 0. The number of benzene rings is 1. The van der Waals surface area contributed by atoms with E-state index in [0.29, 0.717) is 5.84 Å². The molecule has 0 saturated heterocycles. The van der Waals surface area contributed by atoms with E-state index in [2.05, 4.69) is 9.99 Å². The van der Waals surface area contributed by atoms with Crippen LogP contribution in [0.2, 0.25) is 0 Å². The van der Waals surface area contributed by atoms with Gasteiger partial charge in [0, 0.05) is 5.56 Å². The molecular weight excluding hydrogens is 164 g/mol. The molecule has 0 unspecified atom stereocenters. The molecule has 3 nitrogen and oxygen atoms in total. The van der Waals surface area contributed by atoms with Crippen LogP contribution in [-0.4, -0.2) is 12.9 Å². The van der Waals surface area contributed by atoms with E-state index in [0.717, 1.165) is 5.56 Å². The van der Waals surface area contributed by atoms with Crippen LogP contribution in [-0.2, 0) is 4.84 Å². The Labute approximate surface area is 79.2 Å². The number of hydrogen-bond acceptors (Lipinski definition) is 2. The van der Waals surface area contributed by atoms with E-state index < -0.39 is 0 Å². The first kappa shape index (κ1) is 11.5. The molecule has 0 radical (unpaired) electrons. The summed E-state index contributed by atoms with van der Waals surface area (Å²) in [5, 5.41) is 3.62. The molecule has 0 spiro atoms. The summed E-state index contributed by atoms with van der Waals surface area (Å²) in [7, 11) is 1.47. The van der Waals surface area contributed by atoms with Crippen LogP contribution in [0.15, 0.2) is 29.4 Å². The van der Waals surface area contributed by atoms with Gasteiger partial charge in [0.2, 0.25) is 0 Å². The van der Waals surface area contributed by atoms with Crippen molar-refractivity contribution in [3.63, 3.8) is 0 Å². The lowest BCUT2D eigenvalue weighted by molar-refractivity contribution is 0.213. The zero-order valence-electron chi connectivity index (χ0n) is 7.24. The van der Waals surface area contributed by atoms with Crippen molar-refractivity contribution in [2.45, 2.75) is 14.4 Å². The summed E-state index contributed by atoms with van der Waals surface area (Å²) >= 11 is 0. The smallest absolute Gasteiger partial charge is 0.170 e. The van der Waals surface area contributed by atoms with Gasteiger partial charge in [-0.05, 0) is 6.92 Å². The van der Waals surface area contributed by atoms with Gasteiger partial charge in [-0.3, -0.25) is 0 Å². The molecule has 1 rings (SSSR count). The van der Waals surface area contributed by atoms with Gasteiger partial charge in [0.25, 0.3) is 0 Å². The highest BCUT2D eigenvalue weighted by Gasteiger charge is 1.96. The molecule has 72 valence electrons. The Morgan fingerprint density at radius 3 is 2.31 bits per heavy atom. The normalized spacial score (nSPS) is 10.5. The number of oxime groups is 1. The van der Waals surface area contributed by atoms with E-state index >= 15 is 0 Å². The standard InChI is InChI=1S/C9H12N2O.CH4/c1-7-3-5-8(6-4-7)9(10)11-12-2;/h3-6H,1-2H3,(H2,10,11);1H4. The van der Waals surface area contributed by atoms with Crippen LogP contribution < -0.4 is 5.73 Å². The zero-order valence-corrected chi connectivity index (χ0v) is 7.24. The van der Waals surface area contributed by atoms with E-state index in [1.807, 2.05) is 31.2 Å². The number of aryl methyl sites for hydroxylation is 1. The number of hydrogen-bond donors (Lipinski definition) is 1. The molecular formula is C10H16N2O. The largest absolute Gasteiger partial charge is 0.397 e. The minimum Gasteiger partial charge on any atom is -0.397 e. The Morgan fingerprint density at radius 2 is 1.85 bits per heavy atom. The molecule has 0 fully saturated rings. The van der Waals surface area contributed by atoms with E-state index in [1.165, 1.54) is 12.7 Å². The van der Waals surface area contributed by atoms with E-state index in [4.69, 9.17) is 5.73 Å². The van der Waals surface area contributed by atoms with E-state index in [1.54, 1.807) is 0 Å². The number of nitrogens with two attached hydrogens (primary N) is 1. The van der Waals surface area contributed by atoms with Crippen molar-refractivity contribution in [2.24, 2.45) is 10.9 Å². The summed E-state index contributed by atoms with van der Waals surface area (Å²) in [6, 6.07) is 7.78. The molecule has 0 aliphatic heterocycles. The molecule has 0 aromatic heterocycles. The Hall–Kier alpha value is -1.51. The van der Waals surface area contributed by atoms with Gasteiger partial charge < -0.3 is 10.6 Å². The number of rotatable bonds is 2. The van der Waals surface area contributed by atoms with E-state index in [-0.39, 0.29) is 7.43 Å². The highest BCUT2D eigenvalue weighted by molar-refractivity contribution is 5.97. The average Bonchev–Trinajstić information content (AvgIpc) is 2.06. The molecule has 0 amide bonds. The first-order valence-electron chi connectivity index (χ1n) is 3.67. The summed E-state index contributed by atoms with van der Waals surface area (Å²) in [6.45, 7) is 2.02. The average molecular weight is 180 g/mol. The first-order valence-corrected chi connectivity index (χ1v) is 3.67. The minimum absolute atomic E-state index is 0. The van der Waals surface area contributed by atoms with Gasteiger partial charge in [0.15, 0.2) is 5.84 Å². The highest BCUT2D eigenvalue weighted by Crippen LogP contribution is 2.02. The van der Waals surface area contributed by atoms with Gasteiger partial charge in [-0.15, -0.1) is 0 Å². The number of amidine groups is 1. The third-order valence-corrected chi connectivity index (χ3v) is 1.54. The highest BCUT2D eigenvalue weighted by atomic mass is 16.6. The predicted octanol–water partition coefficient (Wildman–Crippen LogP) is 1.90. The zero-order chi connectivity index (χ0) is 8.97. The quantitative estimate of drug-likeness (QED) is 0.429. The monoisotopic (exact) mass is 180 g/mol. The Morgan fingerprint density at radius 1 is 1.31 bits per heavy atom. The van der Waals surface area contributed by atoms with Crippen LogP contribution in [0.25, 0.3) is 0 Å². The van der Waals surface area contributed by atoms with Crippen LogP contribution in [0.4, 0.5) is 0 Å². The third kappa shape index (κ3) is 3.15. The van der Waals surface area contributed by atoms with E-state index in [9.17, 15) is 0 Å². The second-order valence-corrected chi connectivity index (χ2v) is 2.53. The van der Waals surface area contributed by atoms with Gasteiger partial charge in [-0.1, -0.05) is 42.4 Å². The van der Waals surface area contributed by atoms with Crippen molar-refractivity contribution < 1.29 is 4.84 Å². The van der Waals surface area contributed by atoms with Crippen molar-refractivity contribution >= 4 is 5.84 Å². The second-order valence-electron chi connectivity index (χ2n) is 2.53. The van der Waals surface area contributed by atoms with Crippen molar-refractivity contribution in [3.05, 3.63) is 35.4 Å². The lowest BCUT2D eigenvalue weighted by Crippen LogP contribution is -2.13. The Bertz CT molecular complexity index is 277. The Balaban J connectivity index is 0.00000144. The molecule has 13 heavy (non-hydrogen) atoms. The first-order chi connectivity index (χ1) is 5.74. The topological polar surface area (TPSA) is 47.6 Å².